The topological polar surface area (TPSA) is 110 Å². The van der Waals surface area contributed by atoms with Gasteiger partial charge in [-0.15, -0.1) is 0 Å². The van der Waals surface area contributed by atoms with Crippen LogP contribution in [0, 0.1) is 0 Å². The predicted molar refractivity (Wildman–Crippen MR) is 98.3 cm³/mol. The molecule has 2 rings (SSSR count). The zero-order valence-electron chi connectivity index (χ0n) is 14.9. The Kier molecular flexibility index (Phi) is 6.84. The van der Waals surface area contributed by atoms with E-state index in [1.54, 1.807) is 38.1 Å². The predicted octanol–water partition coefficient (Wildman–Crippen LogP) is 1.92. The van der Waals surface area contributed by atoms with Gasteiger partial charge in [0.15, 0.2) is 5.69 Å². The fraction of sp³-hybridized carbons (Fsp3) is 0.278. The van der Waals surface area contributed by atoms with Gasteiger partial charge in [-0.3, -0.25) is 29.8 Å². The normalized spacial score (nSPS) is 10.3. The highest BCUT2D eigenvalue weighted by atomic mass is 35.5. The fourth-order valence-electron chi connectivity index (χ4n) is 2.24. The monoisotopic (exact) mass is 390 g/mol. The van der Waals surface area contributed by atoms with Gasteiger partial charge in [0.25, 0.3) is 11.8 Å². The Morgan fingerprint density at radius 2 is 1.52 bits per heavy atom. The molecule has 2 aromatic rings. The number of rotatable bonds is 6. The van der Waals surface area contributed by atoms with Gasteiger partial charge in [0.1, 0.15) is 5.69 Å². The van der Waals surface area contributed by atoms with E-state index in [1.165, 1.54) is 10.9 Å². The Hall–Kier alpha value is -3.00. The van der Waals surface area contributed by atoms with Gasteiger partial charge in [-0.2, -0.15) is 0 Å². The van der Waals surface area contributed by atoms with E-state index in [0.29, 0.717) is 5.02 Å². The van der Waals surface area contributed by atoms with Crippen LogP contribution in [0.1, 0.15) is 53.2 Å². The highest BCUT2D eigenvalue weighted by Gasteiger charge is 2.25. The number of nitrogens with one attached hydrogen (secondary N) is 2. The lowest BCUT2D eigenvalue weighted by molar-refractivity contribution is -0.120. The third kappa shape index (κ3) is 5.24. The molecular weight excluding hydrogens is 372 g/mol. The molecule has 0 atom stereocenters. The number of imide groups is 2. The molecule has 2 N–H and O–H groups in total. The minimum atomic E-state index is -0.800. The van der Waals surface area contributed by atoms with Gasteiger partial charge in [-0.25, -0.2) is 4.98 Å². The zero-order chi connectivity index (χ0) is 20.0. The average Bonchev–Trinajstić information content (AvgIpc) is 3.07. The van der Waals surface area contributed by atoms with Crippen LogP contribution >= 0.6 is 11.6 Å². The van der Waals surface area contributed by atoms with Crippen molar-refractivity contribution in [2.75, 3.05) is 0 Å². The molecule has 0 bridgehead atoms. The van der Waals surface area contributed by atoms with Gasteiger partial charge in [-0.05, 0) is 17.7 Å². The lowest BCUT2D eigenvalue weighted by Crippen LogP contribution is -2.35. The molecule has 0 aliphatic carbocycles. The first-order valence-corrected chi connectivity index (χ1v) is 8.71. The summed E-state index contributed by atoms with van der Waals surface area (Å²) in [6.07, 6.45) is 1.52. The van der Waals surface area contributed by atoms with Gasteiger partial charge in [-0.1, -0.05) is 37.6 Å². The maximum absolute atomic E-state index is 12.5. The van der Waals surface area contributed by atoms with Crippen molar-refractivity contribution < 1.29 is 19.2 Å². The average molecular weight is 391 g/mol. The molecule has 0 unspecified atom stereocenters. The van der Waals surface area contributed by atoms with Crippen LogP contribution in [0.3, 0.4) is 0 Å². The quantitative estimate of drug-likeness (QED) is 0.782. The summed E-state index contributed by atoms with van der Waals surface area (Å²) < 4.78 is 1.44. The van der Waals surface area contributed by atoms with Crippen molar-refractivity contribution >= 4 is 35.2 Å². The molecule has 0 fully saturated rings. The number of carbonyl (C=O) groups is 4. The first-order chi connectivity index (χ1) is 12.8. The van der Waals surface area contributed by atoms with E-state index in [1.807, 2.05) is 0 Å². The van der Waals surface area contributed by atoms with E-state index in [-0.39, 0.29) is 30.8 Å². The molecule has 0 radical (unpaired) electrons. The number of benzene rings is 1. The third-order valence-electron chi connectivity index (χ3n) is 3.68. The van der Waals surface area contributed by atoms with Crippen molar-refractivity contribution in [1.29, 1.82) is 0 Å². The minimum absolute atomic E-state index is 0.104. The standard InChI is InChI=1S/C18H19ClN4O4/c1-3-13(24)21-17(26)15-16(18(27)22-14(25)4-2)23(10-20-15)9-11-5-7-12(19)8-6-11/h5-8,10H,3-4,9H2,1-2H3,(H,21,24,26)(H,22,25,27). The summed E-state index contributed by atoms with van der Waals surface area (Å²) in [5.74, 6) is -2.55. The van der Waals surface area contributed by atoms with Gasteiger partial charge in [0.2, 0.25) is 11.8 Å². The summed E-state index contributed by atoms with van der Waals surface area (Å²) in [6, 6.07) is 6.92. The summed E-state index contributed by atoms with van der Waals surface area (Å²) in [4.78, 5) is 51.9. The SMILES string of the molecule is CCC(=O)NC(=O)c1ncn(Cc2ccc(Cl)cc2)c1C(=O)NC(=O)CC. The number of carbonyl (C=O) groups excluding carboxylic acids is 4. The Bertz CT molecular complexity index is 874. The molecule has 0 saturated heterocycles. The number of hydrogen-bond acceptors (Lipinski definition) is 5. The summed E-state index contributed by atoms with van der Waals surface area (Å²) in [5.41, 5.74) is 0.476. The molecule has 1 heterocycles. The Morgan fingerprint density at radius 1 is 0.963 bits per heavy atom. The van der Waals surface area contributed by atoms with Gasteiger partial charge in [0.05, 0.1) is 6.33 Å². The molecule has 1 aromatic heterocycles. The summed E-state index contributed by atoms with van der Waals surface area (Å²) in [7, 11) is 0. The van der Waals surface area contributed by atoms with E-state index in [4.69, 9.17) is 11.6 Å². The van der Waals surface area contributed by atoms with E-state index < -0.39 is 23.6 Å². The summed E-state index contributed by atoms with van der Waals surface area (Å²) >= 11 is 5.87. The first kappa shape index (κ1) is 20.3. The number of imidazole rings is 1. The van der Waals surface area contributed by atoms with Crippen molar-refractivity contribution in [3.8, 4) is 0 Å². The maximum atomic E-state index is 12.5. The maximum Gasteiger partial charge on any atom is 0.278 e. The zero-order valence-corrected chi connectivity index (χ0v) is 15.7. The van der Waals surface area contributed by atoms with Crippen LogP contribution in [0.5, 0.6) is 0 Å². The summed E-state index contributed by atoms with van der Waals surface area (Å²) in [5, 5.41) is 4.93. The van der Waals surface area contributed by atoms with Crippen LogP contribution in [0.15, 0.2) is 30.6 Å². The molecule has 0 aliphatic heterocycles. The van der Waals surface area contributed by atoms with Crippen molar-refractivity contribution in [2.24, 2.45) is 0 Å². The smallest absolute Gasteiger partial charge is 0.278 e. The third-order valence-corrected chi connectivity index (χ3v) is 3.93. The molecule has 0 saturated carbocycles. The number of aromatic nitrogens is 2. The number of nitrogens with zero attached hydrogens (tertiary/aromatic N) is 2. The second-order valence-corrected chi connectivity index (χ2v) is 6.09. The van der Waals surface area contributed by atoms with E-state index >= 15 is 0 Å². The molecule has 1 aromatic carbocycles. The molecule has 27 heavy (non-hydrogen) atoms. The molecular formula is C18H19ClN4O4. The first-order valence-electron chi connectivity index (χ1n) is 8.33. The van der Waals surface area contributed by atoms with Gasteiger partial charge in [0, 0.05) is 24.4 Å². The minimum Gasteiger partial charge on any atom is -0.321 e. The lowest BCUT2D eigenvalue weighted by Gasteiger charge is -2.10. The molecule has 4 amide bonds. The van der Waals surface area contributed by atoms with Crippen LogP contribution in [-0.2, 0) is 16.1 Å². The van der Waals surface area contributed by atoms with E-state index in [0.717, 1.165) is 5.56 Å². The molecule has 8 nitrogen and oxygen atoms in total. The molecule has 0 spiro atoms. The fourth-order valence-corrected chi connectivity index (χ4v) is 2.37. The summed E-state index contributed by atoms with van der Waals surface area (Å²) in [6.45, 7) is 3.42. The van der Waals surface area contributed by atoms with E-state index in [9.17, 15) is 19.2 Å². The molecule has 9 heteroatoms. The Morgan fingerprint density at radius 3 is 2.07 bits per heavy atom. The van der Waals surface area contributed by atoms with Crippen LogP contribution in [0.25, 0.3) is 0 Å². The highest BCUT2D eigenvalue weighted by Crippen LogP contribution is 2.14. The number of halogens is 1. The van der Waals surface area contributed by atoms with Crippen molar-refractivity contribution in [3.63, 3.8) is 0 Å². The van der Waals surface area contributed by atoms with Crippen LogP contribution in [0.2, 0.25) is 5.02 Å². The lowest BCUT2D eigenvalue weighted by atomic mass is 10.2. The second-order valence-electron chi connectivity index (χ2n) is 5.66. The largest absolute Gasteiger partial charge is 0.321 e. The van der Waals surface area contributed by atoms with Gasteiger partial charge >= 0.3 is 0 Å². The van der Waals surface area contributed by atoms with E-state index in [2.05, 4.69) is 15.6 Å². The van der Waals surface area contributed by atoms with Gasteiger partial charge < -0.3 is 4.57 Å². The Balaban J connectivity index is 2.38. The van der Waals surface area contributed by atoms with Crippen molar-refractivity contribution in [3.05, 3.63) is 52.6 Å². The number of hydrogen-bond donors (Lipinski definition) is 2. The number of amides is 4. The van der Waals surface area contributed by atoms with Crippen LogP contribution in [-0.4, -0.2) is 33.2 Å². The Labute approximate surface area is 160 Å². The van der Waals surface area contributed by atoms with Crippen molar-refractivity contribution in [1.82, 2.24) is 20.2 Å². The van der Waals surface area contributed by atoms with Crippen LogP contribution in [0.4, 0.5) is 0 Å². The van der Waals surface area contributed by atoms with Crippen LogP contribution < -0.4 is 10.6 Å². The highest BCUT2D eigenvalue weighted by molar-refractivity contribution is 6.30. The second kappa shape index (κ2) is 9.09. The molecule has 142 valence electrons. The molecule has 0 aliphatic rings. The van der Waals surface area contributed by atoms with Crippen molar-refractivity contribution in [2.45, 2.75) is 33.2 Å².